The fourth-order valence-electron chi connectivity index (χ4n) is 2.88. The number of rotatable bonds is 7. The van der Waals surface area contributed by atoms with Crippen molar-refractivity contribution in [2.45, 2.75) is 32.5 Å². The van der Waals surface area contributed by atoms with Crippen LogP contribution in [0.3, 0.4) is 0 Å². The molecule has 1 heterocycles. The van der Waals surface area contributed by atoms with Crippen molar-refractivity contribution in [2.24, 2.45) is 0 Å². The minimum absolute atomic E-state index is 0.0634. The van der Waals surface area contributed by atoms with E-state index in [0.717, 1.165) is 5.56 Å². The monoisotopic (exact) mass is 387 g/mol. The molecule has 0 radical (unpaired) electrons. The minimum atomic E-state index is -2.87. The third kappa shape index (κ3) is 4.70. The fourth-order valence-corrected chi connectivity index (χ4v) is 2.88. The maximum absolute atomic E-state index is 12.3. The van der Waals surface area contributed by atoms with Gasteiger partial charge in [0.1, 0.15) is 5.75 Å². The Morgan fingerprint density at radius 2 is 1.89 bits per heavy atom. The Labute approximate surface area is 159 Å². The number of halogens is 2. The largest absolute Gasteiger partial charge is 0.435 e. The number of benzene rings is 2. The van der Waals surface area contributed by atoms with Gasteiger partial charge in [-0.05, 0) is 36.8 Å². The lowest BCUT2D eigenvalue weighted by molar-refractivity contribution is -0.122. The standard InChI is InChI=1S/C20H19F2N3O3/c1-13(14-6-8-15(9-7-14)28-20(21)22)24-19(27)10-11-25-17-5-3-2-4-16(17)18(26)12-23-25/h2-9,12-13,20H,10-11H2,1H3,(H,24,27). The summed E-state index contributed by atoms with van der Waals surface area (Å²) >= 11 is 0. The number of hydrogen-bond acceptors (Lipinski definition) is 4. The highest BCUT2D eigenvalue weighted by atomic mass is 19.3. The van der Waals surface area contributed by atoms with Crippen LogP contribution in [0.5, 0.6) is 5.75 Å². The van der Waals surface area contributed by atoms with E-state index < -0.39 is 6.61 Å². The lowest BCUT2D eigenvalue weighted by atomic mass is 10.1. The van der Waals surface area contributed by atoms with Gasteiger partial charge in [0.05, 0.1) is 24.3 Å². The van der Waals surface area contributed by atoms with E-state index in [0.29, 0.717) is 17.4 Å². The number of carbonyl (C=O) groups excluding carboxylic acids is 1. The van der Waals surface area contributed by atoms with E-state index in [-0.39, 0.29) is 29.5 Å². The number of ether oxygens (including phenoxy) is 1. The Morgan fingerprint density at radius 1 is 1.18 bits per heavy atom. The number of hydrogen-bond donors (Lipinski definition) is 1. The average Bonchev–Trinajstić information content (AvgIpc) is 2.68. The lowest BCUT2D eigenvalue weighted by Crippen LogP contribution is -2.28. The maximum Gasteiger partial charge on any atom is 0.387 e. The predicted molar refractivity (Wildman–Crippen MR) is 100 cm³/mol. The first-order valence-corrected chi connectivity index (χ1v) is 8.73. The molecule has 0 saturated heterocycles. The molecule has 1 atom stereocenters. The summed E-state index contributed by atoms with van der Waals surface area (Å²) in [5.74, 6) is -0.126. The van der Waals surface area contributed by atoms with Crippen molar-refractivity contribution in [3.05, 3.63) is 70.5 Å². The number of alkyl halides is 2. The highest BCUT2D eigenvalue weighted by Crippen LogP contribution is 2.19. The van der Waals surface area contributed by atoms with Crippen molar-refractivity contribution in [2.75, 3.05) is 0 Å². The molecule has 8 heteroatoms. The van der Waals surface area contributed by atoms with Crippen LogP contribution >= 0.6 is 0 Å². The molecule has 3 rings (SSSR count). The first-order chi connectivity index (χ1) is 13.4. The number of carbonyl (C=O) groups is 1. The summed E-state index contributed by atoms with van der Waals surface area (Å²) in [7, 11) is 0. The normalized spacial score (nSPS) is 12.1. The highest BCUT2D eigenvalue weighted by molar-refractivity contribution is 5.79. The molecule has 0 saturated carbocycles. The lowest BCUT2D eigenvalue weighted by Gasteiger charge is -2.15. The summed E-state index contributed by atoms with van der Waals surface area (Å²) in [6, 6.07) is 12.9. The summed E-state index contributed by atoms with van der Waals surface area (Å²) in [6.45, 7) is -0.755. The SMILES string of the molecule is CC(NC(=O)CCn1ncc(=O)c2ccccc21)c1ccc(OC(F)F)cc1. The van der Waals surface area contributed by atoms with Gasteiger partial charge in [-0.1, -0.05) is 24.3 Å². The van der Waals surface area contributed by atoms with E-state index in [9.17, 15) is 18.4 Å². The Morgan fingerprint density at radius 3 is 2.61 bits per heavy atom. The second-order valence-electron chi connectivity index (χ2n) is 6.24. The van der Waals surface area contributed by atoms with Gasteiger partial charge < -0.3 is 10.1 Å². The van der Waals surface area contributed by atoms with Gasteiger partial charge in [-0.25, -0.2) is 0 Å². The first kappa shape index (κ1) is 19.5. The quantitative estimate of drug-likeness (QED) is 0.675. The Kier molecular flexibility index (Phi) is 5.98. The molecule has 146 valence electrons. The summed E-state index contributed by atoms with van der Waals surface area (Å²) < 4.78 is 30.3. The highest BCUT2D eigenvalue weighted by Gasteiger charge is 2.12. The van der Waals surface area contributed by atoms with E-state index >= 15 is 0 Å². The molecule has 0 bridgehead atoms. The molecule has 3 aromatic rings. The Hall–Kier alpha value is -3.29. The number of amides is 1. The van der Waals surface area contributed by atoms with Crippen molar-refractivity contribution >= 4 is 16.8 Å². The third-order valence-electron chi connectivity index (χ3n) is 4.30. The Balaban J connectivity index is 1.60. The zero-order valence-electron chi connectivity index (χ0n) is 15.1. The smallest absolute Gasteiger partial charge is 0.387 e. The predicted octanol–water partition coefficient (Wildman–Crippen LogP) is 3.27. The minimum Gasteiger partial charge on any atom is -0.435 e. The molecule has 2 aromatic carbocycles. The van der Waals surface area contributed by atoms with Crippen molar-refractivity contribution in [3.8, 4) is 5.75 Å². The van der Waals surface area contributed by atoms with Crippen molar-refractivity contribution < 1.29 is 18.3 Å². The molecule has 0 aliphatic heterocycles. The number of nitrogens with one attached hydrogen (secondary N) is 1. The fraction of sp³-hybridized carbons (Fsp3) is 0.250. The molecular weight excluding hydrogens is 368 g/mol. The van der Waals surface area contributed by atoms with E-state index in [2.05, 4.69) is 15.2 Å². The number of para-hydroxylation sites is 1. The van der Waals surface area contributed by atoms with Gasteiger partial charge in [0.15, 0.2) is 0 Å². The molecule has 0 fully saturated rings. The number of nitrogens with zero attached hydrogens (tertiary/aromatic N) is 2. The van der Waals surface area contributed by atoms with E-state index in [4.69, 9.17) is 0 Å². The zero-order chi connectivity index (χ0) is 20.1. The van der Waals surface area contributed by atoms with Gasteiger partial charge in [0, 0.05) is 11.8 Å². The van der Waals surface area contributed by atoms with Crippen LogP contribution < -0.4 is 15.5 Å². The van der Waals surface area contributed by atoms with E-state index in [1.807, 2.05) is 6.07 Å². The topological polar surface area (TPSA) is 73.2 Å². The van der Waals surface area contributed by atoms with Gasteiger partial charge in [-0.3, -0.25) is 14.3 Å². The van der Waals surface area contributed by atoms with Gasteiger partial charge in [-0.15, -0.1) is 0 Å². The molecule has 1 amide bonds. The van der Waals surface area contributed by atoms with Crippen molar-refractivity contribution in [1.82, 2.24) is 15.1 Å². The maximum atomic E-state index is 12.3. The van der Waals surface area contributed by atoms with Gasteiger partial charge in [0.2, 0.25) is 11.3 Å². The molecule has 0 aliphatic carbocycles. The van der Waals surface area contributed by atoms with Crippen LogP contribution in [0.1, 0.15) is 24.9 Å². The van der Waals surface area contributed by atoms with Gasteiger partial charge in [-0.2, -0.15) is 13.9 Å². The number of fused-ring (bicyclic) bond motifs is 1. The molecule has 28 heavy (non-hydrogen) atoms. The number of aryl methyl sites for hydroxylation is 1. The molecule has 6 nitrogen and oxygen atoms in total. The molecule has 1 N–H and O–H groups in total. The summed E-state index contributed by atoms with van der Waals surface area (Å²) in [4.78, 5) is 24.1. The van der Waals surface area contributed by atoms with Crippen LogP contribution in [0.15, 0.2) is 59.5 Å². The summed E-state index contributed by atoms with van der Waals surface area (Å²) in [5.41, 5.74) is 1.27. The van der Waals surface area contributed by atoms with Crippen LogP contribution in [0.25, 0.3) is 10.9 Å². The second-order valence-corrected chi connectivity index (χ2v) is 6.24. The first-order valence-electron chi connectivity index (χ1n) is 8.73. The summed E-state index contributed by atoms with van der Waals surface area (Å²) in [6.07, 6.45) is 1.42. The molecule has 0 spiro atoms. The average molecular weight is 387 g/mol. The Bertz CT molecular complexity index is 1020. The van der Waals surface area contributed by atoms with Crippen molar-refractivity contribution in [1.29, 1.82) is 0 Å². The zero-order valence-corrected chi connectivity index (χ0v) is 15.1. The third-order valence-corrected chi connectivity index (χ3v) is 4.30. The summed E-state index contributed by atoms with van der Waals surface area (Å²) in [5, 5.41) is 7.51. The molecule has 1 unspecified atom stereocenters. The second kappa shape index (κ2) is 8.60. The molecule has 1 aromatic heterocycles. The van der Waals surface area contributed by atoms with Crippen LogP contribution in [0.4, 0.5) is 8.78 Å². The van der Waals surface area contributed by atoms with Crippen LogP contribution in [-0.4, -0.2) is 22.3 Å². The van der Waals surface area contributed by atoms with Gasteiger partial charge >= 0.3 is 6.61 Å². The van der Waals surface area contributed by atoms with Crippen LogP contribution in [-0.2, 0) is 11.3 Å². The van der Waals surface area contributed by atoms with Crippen molar-refractivity contribution in [3.63, 3.8) is 0 Å². The molecular formula is C20H19F2N3O3. The van der Waals surface area contributed by atoms with Crippen LogP contribution in [0.2, 0.25) is 0 Å². The number of aromatic nitrogens is 2. The van der Waals surface area contributed by atoms with E-state index in [1.165, 1.54) is 18.3 Å². The van der Waals surface area contributed by atoms with Gasteiger partial charge in [0.25, 0.3) is 0 Å². The molecule has 0 aliphatic rings. The van der Waals surface area contributed by atoms with Crippen LogP contribution in [0, 0.1) is 0 Å². The van der Waals surface area contributed by atoms with E-state index in [1.54, 1.807) is 41.9 Å².